The zero-order valence-electron chi connectivity index (χ0n) is 11.1. The van der Waals surface area contributed by atoms with E-state index in [4.69, 9.17) is 22.4 Å². The van der Waals surface area contributed by atoms with E-state index >= 15 is 0 Å². The number of hydrogen-bond acceptors (Lipinski definition) is 3. The van der Waals surface area contributed by atoms with E-state index in [1.54, 1.807) is 6.07 Å². The molecule has 19 heavy (non-hydrogen) atoms. The smallest absolute Gasteiger partial charge is 0.255 e. The van der Waals surface area contributed by atoms with E-state index in [1.807, 2.05) is 0 Å². The minimum atomic E-state index is -0.532. The van der Waals surface area contributed by atoms with Gasteiger partial charge in [-0.3, -0.25) is 4.79 Å². The van der Waals surface area contributed by atoms with Gasteiger partial charge in [-0.1, -0.05) is 25.6 Å². The molecule has 1 aliphatic rings. The highest BCUT2D eigenvalue weighted by molar-refractivity contribution is 7.80. The summed E-state index contributed by atoms with van der Waals surface area (Å²) in [7, 11) is 0. The van der Waals surface area contributed by atoms with Gasteiger partial charge < -0.3 is 15.5 Å². The first-order valence-electron chi connectivity index (χ1n) is 6.72. The first kappa shape index (κ1) is 14.1. The molecule has 1 aromatic heterocycles. The second kappa shape index (κ2) is 5.74. The van der Waals surface area contributed by atoms with Crippen LogP contribution in [0.1, 0.15) is 49.4 Å². The van der Waals surface area contributed by atoms with Gasteiger partial charge in [0.15, 0.2) is 0 Å². The largest absolute Gasteiger partial charge is 0.472 e. The third-order valence-electron chi connectivity index (χ3n) is 4.14. The van der Waals surface area contributed by atoms with Gasteiger partial charge in [0.2, 0.25) is 0 Å². The molecule has 0 atom stereocenters. The summed E-state index contributed by atoms with van der Waals surface area (Å²) in [5.74, 6) is 0.546. The van der Waals surface area contributed by atoms with E-state index in [1.165, 1.54) is 18.9 Å². The maximum Gasteiger partial charge on any atom is 0.255 e. The molecular formula is C14H20N2O2S. The Morgan fingerprint density at radius 3 is 2.74 bits per heavy atom. The van der Waals surface area contributed by atoms with Crippen LogP contribution in [0.2, 0.25) is 0 Å². The summed E-state index contributed by atoms with van der Waals surface area (Å²) >= 11 is 5.19. The predicted molar refractivity (Wildman–Crippen MR) is 77.9 cm³/mol. The topological polar surface area (TPSA) is 68.3 Å². The summed E-state index contributed by atoms with van der Waals surface area (Å²) < 4.78 is 4.93. The average Bonchev–Trinajstić information content (AvgIpc) is 2.93. The number of carbonyl (C=O) groups excluding carboxylic acids is 1. The van der Waals surface area contributed by atoms with Crippen molar-refractivity contribution in [2.24, 2.45) is 11.7 Å². The van der Waals surface area contributed by atoms with Crippen LogP contribution in [0, 0.1) is 5.92 Å². The van der Waals surface area contributed by atoms with Crippen LogP contribution in [0.3, 0.4) is 0 Å². The summed E-state index contributed by atoms with van der Waals surface area (Å²) in [4.78, 5) is 12.5. The molecule has 0 bridgehead atoms. The fraction of sp³-hybridized carbons (Fsp3) is 0.571. The highest BCUT2D eigenvalue weighted by Crippen LogP contribution is 2.34. The third-order valence-corrected chi connectivity index (χ3v) is 4.53. The molecule has 1 aromatic rings. The molecule has 0 spiro atoms. The normalized spacial score (nSPS) is 26.9. The lowest BCUT2D eigenvalue weighted by Crippen LogP contribution is -2.58. The summed E-state index contributed by atoms with van der Waals surface area (Å²) in [5.41, 5.74) is 5.86. The fourth-order valence-electron chi connectivity index (χ4n) is 2.69. The van der Waals surface area contributed by atoms with Crippen LogP contribution in [0.25, 0.3) is 0 Å². The Morgan fingerprint density at radius 2 is 2.26 bits per heavy atom. The maximum atomic E-state index is 12.1. The Bertz CT molecular complexity index is 448. The number of nitrogens with one attached hydrogen (secondary N) is 1. The number of amides is 1. The molecule has 1 heterocycles. The van der Waals surface area contributed by atoms with Crippen LogP contribution in [0.5, 0.6) is 0 Å². The first-order chi connectivity index (χ1) is 9.07. The van der Waals surface area contributed by atoms with E-state index in [-0.39, 0.29) is 5.91 Å². The number of nitrogens with two attached hydrogens (primary N) is 1. The molecule has 3 N–H and O–H groups in total. The molecule has 0 radical (unpaired) electrons. The Kier molecular flexibility index (Phi) is 4.24. The second-order valence-electron chi connectivity index (χ2n) is 5.26. The Morgan fingerprint density at radius 1 is 1.58 bits per heavy atom. The molecule has 2 rings (SSSR count). The summed E-state index contributed by atoms with van der Waals surface area (Å²) in [6, 6.07) is 1.64. The molecule has 0 aliphatic heterocycles. The highest BCUT2D eigenvalue weighted by atomic mass is 32.1. The van der Waals surface area contributed by atoms with Crippen LogP contribution in [0.15, 0.2) is 23.0 Å². The van der Waals surface area contributed by atoms with Gasteiger partial charge in [-0.15, -0.1) is 0 Å². The van der Waals surface area contributed by atoms with Crippen LogP contribution in [0.4, 0.5) is 0 Å². The summed E-state index contributed by atoms with van der Waals surface area (Å²) in [6.45, 7) is 2.20. The molecule has 1 aliphatic carbocycles. The Balaban J connectivity index is 2.09. The lowest BCUT2D eigenvalue weighted by molar-refractivity contribution is 0.0897. The number of thiocarbonyl (C=S) groups is 1. The standard InChI is InChI=1S/C14H20N2O2S/c1-2-10-3-6-14(7-4-10,13(15)19)16-12(17)11-5-8-18-9-11/h5,8-10H,2-4,6-7H2,1H3,(H2,15,19)(H,16,17). The minimum Gasteiger partial charge on any atom is -0.472 e. The van der Waals surface area contributed by atoms with E-state index in [0.717, 1.165) is 25.7 Å². The van der Waals surface area contributed by atoms with Gasteiger partial charge in [-0.05, 0) is 37.7 Å². The van der Waals surface area contributed by atoms with Crippen molar-refractivity contribution in [3.05, 3.63) is 24.2 Å². The predicted octanol–water partition coefficient (Wildman–Crippen LogP) is 2.63. The molecule has 1 amide bonds. The van der Waals surface area contributed by atoms with Crippen LogP contribution >= 0.6 is 12.2 Å². The summed E-state index contributed by atoms with van der Waals surface area (Å²) in [6.07, 6.45) is 7.84. The molecule has 0 saturated heterocycles. The molecular weight excluding hydrogens is 260 g/mol. The lowest BCUT2D eigenvalue weighted by atomic mass is 9.75. The maximum absolute atomic E-state index is 12.1. The third kappa shape index (κ3) is 2.97. The van der Waals surface area contributed by atoms with Crippen molar-refractivity contribution in [1.82, 2.24) is 5.32 Å². The van der Waals surface area contributed by atoms with Gasteiger partial charge in [-0.25, -0.2) is 0 Å². The first-order valence-corrected chi connectivity index (χ1v) is 7.13. The highest BCUT2D eigenvalue weighted by Gasteiger charge is 2.39. The molecule has 0 aromatic carbocycles. The Hall–Kier alpha value is -1.36. The Labute approximate surface area is 118 Å². The average molecular weight is 280 g/mol. The zero-order valence-corrected chi connectivity index (χ0v) is 12.0. The molecule has 1 saturated carbocycles. The van der Waals surface area contributed by atoms with Crippen LogP contribution in [-0.4, -0.2) is 16.4 Å². The van der Waals surface area contributed by atoms with Crippen LogP contribution < -0.4 is 11.1 Å². The number of carbonyl (C=O) groups is 1. The molecule has 104 valence electrons. The number of rotatable bonds is 4. The summed E-state index contributed by atoms with van der Waals surface area (Å²) in [5, 5.41) is 3.01. The van der Waals surface area contributed by atoms with E-state index in [9.17, 15) is 4.79 Å². The molecule has 0 unspecified atom stereocenters. The van der Waals surface area contributed by atoms with Gasteiger partial charge in [0.25, 0.3) is 5.91 Å². The van der Waals surface area contributed by atoms with Crippen LogP contribution in [-0.2, 0) is 0 Å². The van der Waals surface area contributed by atoms with E-state index in [2.05, 4.69) is 12.2 Å². The second-order valence-corrected chi connectivity index (χ2v) is 5.70. The lowest BCUT2D eigenvalue weighted by Gasteiger charge is -2.39. The van der Waals surface area contributed by atoms with Crippen molar-refractivity contribution < 1.29 is 9.21 Å². The SMILES string of the molecule is CCC1CCC(NC(=O)c2ccoc2)(C(N)=S)CC1. The monoisotopic (exact) mass is 280 g/mol. The molecule has 1 fully saturated rings. The van der Waals surface area contributed by atoms with Gasteiger partial charge in [0.1, 0.15) is 6.26 Å². The molecule has 4 nitrogen and oxygen atoms in total. The minimum absolute atomic E-state index is 0.170. The van der Waals surface area contributed by atoms with Crippen molar-refractivity contribution in [2.75, 3.05) is 0 Å². The van der Waals surface area contributed by atoms with Gasteiger partial charge >= 0.3 is 0 Å². The van der Waals surface area contributed by atoms with Crippen molar-refractivity contribution in [1.29, 1.82) is 0 Å². The van der Waals surface area contributed by atoms with Crippen molar-refractivity contribution >= 4 is 23.1 Å². The van der Waals surface area contributed by atoms with Gasteiger partial charge in [-0.2, -0.15) is 0 Å². The van der Waals surface area contributed by atoms with Crippen molar-refractivity contribution in [3.8, 4) is 0 Å². The number of furan rings is 1. The van der Waals surface area contributed by atoms with Gasteiger partial charge in [0, 0.05) is 0 Å². The van der Waals surface area contributed by atoms with Crippen molar-refractivity contribution in [3.63, 3.8) is 0 Å². The van der Waals surface area contributed by atoms with Gasteiger partial charge in [0.05, 0.1) is 22.4 Å². The molecule has 5 heteroatoms. The zero-order chi connectivity index (χ0) is 13.9. The van der Waals surface area contributed by atoms with Crippen molar-refractivity contribution in [2.45, 2.75) is 44.6 Å². The van der Waals surface area contributed by atoms with E-state index in [0.29, 0.717) is 16.5 Å². The van der Waals surface area contributed by atoms with E-state index < -0.39 is 5.54 Å². The quantitative estimate of drug-likeness (QED) is 0.832. The fourth-order valence-corrected chi connectivity index (χ4v) is 2.95. The number of hydrogen-bond donors (Lipinski definition) is 2.